The van der Waals surface area contributed by atoms with E-state index in [1.807, 2.05) is 0 Å². The minimum absolute atomic E-state index is 0.217. The standard InChI is InChI=1S/C12H16F3NO2S/c1-11(2,19(3,17)18)10(16)8-6-4-5-7-9(8)12(13,14)15/h4-7,10H,16H2,1-3H3. The van der Waals surface area contributed by atoms with Gasteiger partial charge in [-0.1, -0.05) is 18.2 Å². The van der Waals surface area contributed by atoms with Gasteiger partial charge in [0.15, 0.2) is 9.84 Å². The molecule has 0 bridgehead atoms. The van der Waals surface area contributed by atoms with Crippen molar-refractivity contribution < 1.29 is 21.6 Å². The lowest BCUT2D eigenvalue weighted by Gasteiger charge is -2.31. The zero-order chi connectivity index (χ0) is 15.1. The summed E-state index contributed by atoms with van der Waals surface area (Å²) >= 11 is 0. The Balaban J connectivity index is 3.41. The maximum absolute atomic E-state index is 12.9. The van der Waals surface area contributed by atoms with Crippen LogP contribution in [-0.2, 0) is 16.0 Å². The summed E-state index contributed by atoms with van der Waals surface area (Å²) in [5.41, 5.74) is 4.66. The Labute approximate surface area is 110 Å². The van der Waals surface area contributed by atoms with Crippen LogP contribution in [0.4, 0.5) is 13.2 Å². The number of rotatable bonds is 3. The van der Waals surface area contributed by atoms with Gasteiger partial charge in [-0.2, -0.15) is 13.2 Å². The molecule has 0 amide bonds. The molecule has 0 radical (unpaired) electrons. The summed E-state index contributed by atoms with van der Waals surface area (Å²) in [7, 11) is -3.60. The van der Waals surface area contributed by atoms with Gasteiger partial charge in [0, 0.05) is 12.3 Å². The van der Waals surface area contributed by atoms with Gasteiger partial charge in [-0.15, -0.1) is 0 Å². The Morgan fingerprint density at radius 3 is 2.05 bits per heavy atom. The summed E-state index contributed by atoms with van der Waals surface area (Å²) in [4.78, 5) is 0. The Morgan fingerprint density at radius 1 is 1.16 bits per heavy atom. The first kappa shape index (κ1) is 16.0. The molecule has 0 heterocycles. The fraction of sp³-hybridized carbons (Fsp3) is 0.500. The summed E-state index contributed by atoms with van der Waals surface area (Å²) in [6.45, 7) is 2.64. The zero-order valence-electron chi connectivity index (χ0n) is 10.8. The molecule has 3 nitrogen and oxygen atoms in total. The third-order valence-electron chi connectivity index (χ3n) is 3.31. The number of hydrogen-bond acceptors (Lipinski definition) is 3. The fourth-order valence-corrected chi connectivity index (χ4v) is 2.22. The summed E-state index contributed by atoms with van der Waals surface area (Å²) in [5.74, 6) is 0. The highest BCUT2D eigenvalue weighted by Crippen LogP contribution is 2.38. The van der Waals surface area contributed by atoms with E-state index in [0.29, 0.717) is 0 Å². The molecule has 0 aliphatic rings. The third kappa shape index (κ3) is 3.09. The smallest absolute Gasteiger partial charge is 0.323 e. The van der Waals surface area contributed by atoms with Crippen molar-refractivity contribution in [2.45, 2.75) is 30.8 Å². The van der Waals surface area contributed by atoms with Gasteiger partial charge in [0.05, 0.1) is 10.3 Å². The highest BCUT2D eigenvalue weighted by molar-refractivity contribution is 7.92. The van der Waals surface area contributed by atoms with Crippen molar-refractivity contribution in [3.05, 3.63) is 35.4 Å². The van der Waals surface area contributed by atoms with E-state index in [4.69, 9.17) is 5.73 Å². The predicted octanol–water partition coefficient (Wildman–Crippen LogP) is 2.53. The van der Waals surface area contributed by atoms with Crippen molar-refractivity contribution in [1.82, 2.24) is 0 Å². The monoisotopic (exact) mass is 295 g/mol. The second-order valence-electron chi connectivity index (χ2n) is 4.94. The predicted molar refractivity (Wildman–Crippen MR) is 67.3 cm³/mol. The molecule has 1 aromatic carbocycles. The van der Waals surface area contributed by atoms with Gasteiger partial charge in [-0.25, -0.2) is 8.42 Å². The molecule has 1 rings (SSSR count). The van der Waals surface area contributed by atoms with Gasteiger partial charge in [-0.05, 0) is 25.5 Å². The van der Waals surface area contributed by atoms with Crippen LogP contribution in [0, 0.1) is 0 Å². The van der Waals surface area contributed by atoms with Crippen LogP contribution in [0.1, 0.15) is 31.0 Å². The molecule has 108 valence electrons. The molecule has 1 aromatic rings. The summed E-state index contributed by atoms with van der Waals surface area (Å²) in [6, 6.07) is 3.49. The summed E-state index contributed by atoms with van der Waals surface area (Å²) < 4.78 is 60.5. The van der Waals surface area contributed by atoms with E-state index < -0.39 is 32.4 Å². The largest absolute Gasteiger partial charge is 0.416 e. The van der Waals surface area contributed by atoms with Crippen molar-refractivity contribution >= 4 is 9.84 Å². The van der Waals surface area contributed by atoms with E-state index in [9.17, 15) is 21.6 Å². The number of benzene rings is 1. The summed E-state index contributed by atoms with van der Waals surface area (Å²) in [6.07, 6.45) is -3.61. The van der Waals surface area contributed by atoms with Crippen molar-refractivity contribution in [2.24, 2.45) is 5.73 Å². The molecule has 0 fully saturated rings. The van der Waals surface area contributed by atoms with Gasteiger partial charge in [0.25, 0.3) is 0 Å². The fourth-order valence-electron chi connectivity index (χ4n) is 1.63. The zero-order valence-corrected chi connectivity index (χ0v) is 11.6. The van der Waals surface area contributed by atoms with Gasteiger partial charge >= 0.3 is 6.18 Å². The molecule has 7 heteroatoms. The molecule has 1 atom stereocenters. The highest BCUT2D eigenvalue weighted by atomic mass is 32.2. The van der Waals surface area contributed by atoms with E-state index in [1.165, 1.54) is 32.0 Å². The number of sulfone groups is 1. The lowest BCUT2D eigenvalue weighted by Crippen LogP contribution is -2.43. The molecular formula is C12H16F3NO2S. The third-order valence-corrected chi connectivity index (χ3v) is 5.47. The molecule has 0 aliphatic heterocycles. The Kier molecular flexibility index (Phi) is 4.03. The maximum Gasteiger partial charge on any atom is 0.416 e. The molecule has 1 unspecified atom stereocenters. The van der Waals surface area contributed by atoms with Crippen LogP contribution >= 0.6 is 0 Å². The molecular weight excluding hydrogens is 279 g/mol. The average molecular weight is 295 g/mol. The van der Waals surface area contributed by atoms with E-state index in [-0.39, 0.29) is 5.56 Å². The van der Waals surface area contributed by atoms with Crippen molar-refractivity contribution in [2.75, 3.05) is 6.26 Å². The van der Waals surface area contributed by atoms with E-state index in [0.717, 1.165) is 12.3 Å². The number of alkyl halides is 3. The maximum atomic E-state index is 12.9. The Hall–Kier alpha value is -1.08. The first-order valence-corrected chi connectivity index (χ1v) is 7.39. The number of nitrogens with two attached hydrogens (primary N) is 1. The second kappa shape index (κ2) is 4.79. The van der Waals surface area contributed by atoms with E-state index in [1.54, 1.807) is 0 Å². The molecule has 0 saturated carbocycles. The molecule has 0 aliphatic carbocycles. The second-order valence-corrected chi connectivity index (χ2v) is 7.53. The Morgan fingerprint density at radius 2 is 1.63 bits per heavy atom. The normalized spacial score (nSPS) is 15.3. The van der Waals surface area contributed by atoms with Gasteiger partial charge in [0.1, 0.15) is 0 Å². The number of hydrogen-bond donors (Lipinski definition) is 1. The van der Waals surface area contributed by atoms with Gasteiger partial charge in [-0.3, -0.25) is 0 Å². The first-order valence-electron chi connectivity index (χ1n) is 5.50. The number of halogens is 3. The minimum atomic E-state index is -4.57. The van der Waals surface area contributed by atoms with Crippen LogP contribution in [-0.4, -0.2) is 19.4 Å². The molecule has 0 saturated heterocycles. The quantitative estimate of drug-likeness (QED) is 0.932. The van der Waals surface area contributed by atoms with Crippen LogP contribution in [0.2, 0.25) is 0 Å². The average Bonchev–Trinajstić information content (AvgIpc) is 2.25. The van der Waals surface area contributed by atoms with Crippen LogP contribution in [0.3, 0.4) is 0 Å². The Bertz CT molecular complexity index is 565. The SMILES string of the molecule is CC(C)(C(N)c1ccccc1C(F)(F)F)S(C)(=O)=O. The molecule has 19 heavy (non-hydrogen) atoms. The van der Waals surface area contributed by atoms with Gasteiger partial charge < -0.3 is 5.73 Å². The topological polar surface area (TPSA) is 60.2 Å². The summed E-state index contributed by atoms with van der Waals surface area (Å²) in [5, 5.41) is 0. The lowest BCUT2D eigenvalue weighted by molar-refractivity contribution is -0.138. The highest BCUT2D eigenvalue weighted by Gasteiger charge is 2.42. The molecule has 0 aromatic heterocycles. The van der Waals surface area contributed by atoms with Crippen LogP contribution < -0.4 is 5.73 Å². The van der Waals surface area contributed by atoms with Crippen molar-refractivity contribution in [3.8, 4) is 0 Å². The van der Waals surface area contributed by atoms with Crippen LogP contribution in [0.15, 0.2) is 24.3 Å². The van der Waals surface area contributed by atoms with E-state index in [2.05, 4.69) is 0 Å². The minimum Gasteiger partial charge on any atom is -0.323 e. The van der Waals surface area contributed by atoms with Crippen LogP contribution in [0.25, 0.3) is 0 Å². The van der Waals surface area contributed by atoms with Crippen LogP contribution in [0.5, 0.6) is 0 Å². The van der Waals surface area contributed by atoms with E-state index >= 15 is 0 Å². The van der Waals surface area contributed by atoms with Gasteiger partial charge in [0.2, 0.25) is 0 Å². The van der Waals surface area contributed by atoms with Crippen molar-refractivity contribution in [3.63, 3.8) is 0 Å². The first-order chi connectivity index (χ1) is 8.39. The lowest BCUT2D eigenvalue weighted by atomic mass is 9.92. The van der Waals surface area contributed by atoms with Crippen molar-refractivity contribution in [1.29, 1.82) is 0 Å². The molecule has 0 spiro atoms. The molecule has 2 N–H and O–H groups in total.